The van der Waals surface area contributed by atoms with Crippen LogP contribution in [-0.4, -0.2) is 57.7 Å². The second-order valence-corrected chi connectivity index (χ2v) is 9.98. The fraction of sp³-hybridized carbons (Fsp3) is 0.552. The number of hydrogen-bond donors (Lipinski definition) is 2. The Morgan fingerprint density at radius 2 is 1.94 bits per heavy atom. The van der Waals surface area contributed by atoms with Crippen LogP contribution < -0.4 is 10.1 Å². The SMILES string of the molecule is COc1cccc(CC(CNCCC2CCc3cc(F)ccc3C2(C(C)C)C(OC)C(=O)O)OC)c1. The van der Waals surface area contributed by atoms with Crippen molar-refractivity contribution in [2.24, 2.45) is 11.8 Å². The lowest BCUT2D eigenvalue weighted by molar-refractivity contribution is -0.158. The van der Waals surface area contributed by atoms with Crippen LogP contribution in [0.15, 0.2) is 42.5 Å². The molecule has 0 aromatic heterocycles. The Morgan fingerprint density at radius 1 is 1.17 bits per heavy atom. The van der Waals surface area contributed by atoms with Crippen molar-refractivity contribution in [3.63, 3.8) is 0 Å². The van der Waals surface area contributed by atoms with Crippen LogP contribution in [0.25, 0.3) is 0 Å². The van der Waals surface area contributed by atoms with Gasteiger partial charge in [-0.15, -0.1) is 0 Å². The molecule has 0 spiro atoms. The topological polar surface area (TPSA) is 77.0 Å². The first-order chi connectivity index (χ1) is 17.3. The van der Waals surface area contributed by atoms with E-state index >= 15 is 0 Å². The van der Waals surface area contributed by atoms with Gasteiger partial charge in [-0.25, -0.2) is 9.18 Å². The molecular formula is C29H40FNO5. The fourth-order valence-electron chi connectivity index (χ4n) is 6.14. The highest BCUT2D eigenvalue weighted by molar-refractivity contribution is 5.75. The van der Waals surface area contributed by atoms with Crippen molar-refractivity contribution in [2.45, 2.75) is 57.2 Å². The van der Waals surface area contributed by atoms with Crippen molar-refractivity contribution in [3.05, 3.63) is 65.0 Å². The number of carboxylic acid groups (broad SMARTS) is 1. The smallest absolute Gasteiger partial charge is 0.333 e. The van der Waals surface area contributed by atoms with Crippen molar-refractivity contribution in [2.75, 3.05) is 34.4 Å². The highest BCUT2D eigenvalue weighted by atomic mass is 19.1. The Bertz CT molecular complexity index is 1010. The van der Waals surface area contributed by atoms with Crippen LogP contribution in [0.2, 0.25) is 0 Å². The number of ether oxygens (including phenoxy) is 3. The van der Waals surface area contributed by atoms with Crippen molar-refractivity contribution in [1.82, 2.24) is 5.32 Å². The first-order valence-electron chi connectivity index (χ1n) is 12.7. The van der Waals surface area contributed by atoms with Gasteiger partial charge >= 0.3 is 5.97 Å². The summed E-state index contributed by atoms with van der Waals surface area (Å²) in [6, 6.07) is 12.7. The van der Waals surface area contributed by atoms with Crippen molar-refractivity contribution < 1.29 is 28.5 Å². The lowest BCUT2D eigenvalue weighted by atomic mass is 9.54. The fourth-order valence-corrected chi connectivity index (χ4v) is 6.14. The third-order valence-electron chi connectivity index (χ3n) is 7.79. The number of benzene rings is 2. The second-order valence-electron chi connectivity index (χ2n) is 9.98. The molecule has 3 rings (SSSR count). The van der Waals surface area contributed by atoms with Gasteiger partial charge in [0.2, 0.25) is 0 Å². The number of halogens is 1. The molecule has 6 nitrogen and oxygen atoms in total. The van der Waals surface area contributed by atoms with E-state index in [2.05, 4.69) is 11.4 Å². The molecule has 2 aromatic rings. The second kappa shape index (κ2) is 12.7. The third-order valence-corrected chi connectivity index (χ3v) is 7.79. The van der Waals surface area contributed by atoms with Crippen molar-refractivity contribution in [3.8, 4) is 5.75 Å². The maximum Gasteiger partial charge on any atom is 0.333 e. The number of methoxy groups -OCH3 is 3. The number of aliphatic carboxylic acids is 1. The summed E-state index contributed by atoms with van der Waals surface area (Å²) in [7, 11) is 4.83. The number of aryl methyl sites for hydroxylation is 1. The Kier molecular flexibility index (Phi) is 9.88. The molecule has 2 aromatic carbocycles. The summed E-state index contributed by atoms with van der Waals surface area (Å²) in [5.41, 5.74) is 2.17. The first-order valence-corrected chi connectivity index (χ1v) is 12.7. The van der Waals surface area contributed by atoms with Crippen LogP contribution in [-0.2, 0) is 32.5 Å². The van der Waals surface area contributed by atoms with Crippen LogP contribution in [0.5, 0.6) is 5.75 Å². The van der Waals surface area contributed by atoms with Crippen LogP contribution >= 0.6 is 0 Å². The summed E-state index contributed by atoms with van der Waals surface area (Å²) in [5.74, 6) is -0.420. The number of nitrogens with one attached hydrogen (secondary N) is 1. The van der Waals surface area contributed by atoms with E-state index in [1.165, 1.54) is 13.2 Å². The molecule has 7 heteroatoms. The van der Waals surface area contributed by atoms with E-state index in [-0.39, 0.29) is 23.8 Å². The number of rotatable bonds is 13. The summed E-state index contributed by atoms with van der Waals surface area (Å²) in [6.45, 7) is 5.47. The van der Waals surface area contributed by atoms with Gasteiger partial charge in [-0.3, -0.25) is 0 Å². The molecule has 4 atom stereocenters. The zero-order chi connectivity index (χ0) is 26.3. The lowest BCUT2D eigenvalue weighted by Crippen LogP contribution is -2.57. The molecular weight excluding hydrogens is 461 g/mol. The Morgan fingerprint density at radius 3 is 2.58 bits per heavy atom. The van der Waals surface area contributed by atoms with E-state index in [0.29, 0.717) is 13.1 Å². The molecule has 0 aliphatic heterocycles. The molecule has 2 N–H and O–H groups in total. The van der Waals surface area contributed by atoms with Crippen LogP contribution in [0, 0.1) is 17.7 Å². The van der Waals surface area contributed by atoms with Gasteiger partial charge in [-0.2, -0.15) is 0 Å². The molecule has 1 aliphatic rings. The van der Waals surface area contributed by atoms with Gasteiger partial charge in [-0.1, -0.05) is 32.0 Å². The first kappa shape index (κ1) is 28.1. The molecule has 0 saturated heterocycles. The summed E-state index contributed by atoms with van der Waals surface area (Å²) in [4.78, 5) is 12.4. The van der Waals surface area contributed by atoms with Crippen molar-refractivity contribution in [1.29, 1.82) is 0 Å². The Balaban J connectivity index is 1.75. The zero-order valence-electron chi connectivity index (χ0n) is 22.1. The highest BCUT2D eigenvalue weighted by Gasteiger charge is 2.54. The maximum absolute atomic E-state index is 14.1. The third kappa shape index (κ3) is 5.90. The van der Waals surface area contributed by atoms with Gasteiger partial charge in [0.15, 0.2) is 6.10 Å². The van der Waals surface area contributed by atoms with Crippen LogP contribution in [0.4, 0.5) is 4.39 Å². The normalized spacial score (nSPS) is 21.1. The Labute approximate surface area is 214 Å². The minimum atomic E-state index is -1.02. The molecule has 0 amide bonds. The summed E-state index contributed by atoms with van der Waals surface area (Å²) in [6.07, 6.45) is 2.00. The van der Waals surface area contributed by atoms with E-state index < -0.39 is 17.5 Å². The van der Waals surface area contributed by atoms with Gasteiger partial charge in [0, 0.05) is 26.2 Å². The monoisotopic (exact) mass is 501 g/mol. The summed E-state index contributed by atoms with van der Waals surface area (Å²) >= 11 is 0. The van der Waals surface area contributed by atoms with Gasteiger partial charge in [0.25, 0.3) is 0 Å². The maximum atomic E-state index is 14.1. The standard InChI is InChI=1S/C29H40FNO5/c1-19(2)29(27(36-5)28(32)33)22(10-9-21-17-23(30)11-12-26(21)29)13-14-31-18-25(35-4)16-20-7-6-8-24(15-20)34-3/h6-8,11-12,15,17,19,22,25,27,31H,9-10,13-14,16,18H2,1-5H3,(H,32,33). The zero-order valence-corrected chi connectivity index (χ0v) is 22.1. The molecule has 0 bridgehead atoms. The van der Waals surface area contributed by atoms with Crippen LogP contribution in [0.1, 0.15) is 43.4 Å². The number of carboxylic acids is 1. The molecule has 4 unspecified atom stereocenters. The Hall–Kier alpha value is -2.48. The molecule has 36 heavy (non-hydrogen) atoms. The van der Waals surface area contributed by atoms with Crippen molar-refractivity contribution >= 4 is 5.97 Å². The largest absolute Gasteiger partial charge is 0.497 e. The minimum absolute atomic E-state index is 0.00670. The average molecular weight is 502 g/mol. The molecule has 0 radical (unpaired) electrons. The van der Waals surface area contributed by atoms with Crippen LogP contribution in [0.3, 0.4) is 0 Å². The molecule has 0 fully saturated rings. The predicted octanol–water partition coefficient (Wildman–Crippen LogP) is 4.63. The molecule has 198 valence electrons. The summed E-state index contributed by atoms with van der Waals surface area (Å²) in [5, 5.41) is 13.7. The highest BCUT2D eigenvalue weighted by Crippen LogP contribution is 2.51. The predicted molar refractivity (Wildman–Crippen MR) is 138 cm³/mol. The quantitative estimate of drug-likeness (QED) is 0.390. The van der Waals surface area contributed by atoms with E-state index in [0.717, 1.165) is 48.1 Å². The molecule has 0 heterocycles. The van der Waals surface area contributed by atoms with E-state index in [9.17, 15) is 14.3 Å². The number of carbonyl (C=O) groups is 1. The average Bonchev–Trinajstić information content (AvgIpc) is 2.86. The van der Waals surface area contributed by atoms with Gasteiger partial charge in [-0.05, 0) is 85.0 Å². The minimum Gasteiger partial charge on any atom is -0.497 e. The summed E-state index contributed by atoms with van der Waals surface area (Å²) < 4.78 is 30.7. The van der Waals surface area contributed by atoms with Gasteiger partial charge < -0.3 is 24.6 Å². The molecule has 1 aliphatic carbocycles. The number of fused-ring (bicyclic) bond motifs is 1. The van der Waals surface area contributed by atoms with E-state index in [1.807, 2.05) is 32.0 Å². The number of hydrogen-bond acceptors (Lipinski definition) is 5. The van der Waals surface area contributed by atoms with Gasteiger partial charge in [0.1, 0.15) is 11.6 Å². The van der Waals surface area contributed by atoms with Gasteiger partial charge in [0.05, 0.1) is 13.2 Å². The molecule has 0 saturated carbocycles. The van der Waals surface area contributed by atoms with E-state index in [1.54, 1.807) is 26.4 Å². The lowest BCUT2D eigenvalue weighted by Gasteiger charge is -2.51. The van der Waals surface area contributed by atoms with E-state index in [4.69, 9.17) is 14.2 Å².